The van der Waals surface area contributed by atoms with Crippen molar-refractivity contribution in [2.24, 2.45) is 0 Å². The molecule has 0 spiro atoms. The minimum Gasteiger partial charge on any atom is -0.397 e. The zero-order valence-electron chi connectivity index (χ0n) is 22.3. The van der Waals surface area contributed by atoms with Gasteiger partial charge in [-0.05, 0) is 105 Å². The summed E-state index contributed by atoms with van der Waals surface area (Å²) in [6, 6.07) is 11.9. The fourth-order valence-corrected chi connectivity index (χ4v) is 5.53. The van der Waals surface area contributed by atoms with Gasteiger partial charge in [0.15, 0.2) is 0 Å². The second-order valence-electron chi connectivity index (χ2n) is 10.4. The molecule has 2 aromatic rings. The van der Waals surface area contributed by atoms with Crippen molar-refractivity contribution in [3.63, 3.8) is 0 Å². The van der Waals surface area contributed by atoms with E-state index < -0.39 is 5.54 Å². The second kappa shape index (κ2) is 11.9. The third-order valence-electron chi connectivity index (χ3n) is 7.81. The van der Waals surface area contributed by atoms with Gasteiger partial charge in [-0.1, -0.05) is 18.2 Å². The van der Waals surface area contributed by atoms with Crippen LogP contribution in [0.5, 0.6) is 0 Å². The highest BCUT2D eigenvalue weighted by Gasteiger charge is 2.47. The van der Waals surface area contributed by atoms with Crippen LogP contribution in [0.3, 0.4) is 0 Å². The summed E-state index contributed by atoms with van der Waals surface area (Å²) in [6.45, 7) is 1.93. The van der Waals surface area contributed by atoms with E-state index in [0.717, 1.165) is 24.0 Å². The number of hydrogen-bond donors (Lipinski definition) is 4. The molecule has 2 aromatic carbocycles. The Kier molecular flexibility index (Phi) is 8.11. The lowest BCUT2D eigenvalue weighted by Gasteiger charge is -2.46. The van der Waals surface area contributed by atoms with Crippen LogP contribution < -0.4 is 21.7 Å². The number of nitrogens with two attached hydrogens (primary N) is 1. The number of carbonyl (C=O) groups is 3. The van der Waals surface area contributed by atoms with E-state index in [9.17, 15) is 18.8 Å². The highest BCUT2D eigenvalue weighted by Crippen LogP contribution is 2.32. The Morgan fingerprint density at radius 1 is 0.975 bits per heavy atom. The van der Waals surface area contributed by atoms with Crippen LogP contribution >= 0.6 is 0 Å². The van der Waals surface area contributed by atoms with Crippen LogP contribution in [0.25, 0.3) is 5.57 Å². The molecule has 5 N–H and O–H groups in total. The smallest absolute Gasteiger partial charge is 0.255 e. The number of benzene rings is 2. The summed E-state index contributed by atoms with van der Waals surface area (Å²) in [4.78, 5) is 41.1. The number of piperidine rings is 2. The van der Waals surface area contributed by atoms with Gasteiger partial charge >= 0.3 is 0 Å². The molecule has 208 valence electrons. The molecule has 2 heterocycles. The molecule has 0 saturated carbocycles. The van der Waals surface area contributed by atoms with Crippen molar-refractivity contribution >= 4 is 40.4 Å². The number of rotatable bonds is 6. The molecule has 8 nitrogen and oxygen atoms in total. The van der Waals surface area contributed by atoms with Crippen molar-refractivity contribution in [3.8, 4) is 0 Å². The number of carbonyl (C=O) groups excluding carboxylic acids is 3. The Hall–Kier alpha value is -4.24. The predicted octanol–water partition coefficient (Wildman–Crippen LogP) is 4.79. The van der Waals surface area contributed by atoms with E-state index in [1.54, 1.807) is 47.4 Å². The number of nitrogens with one attached hydrogen (secondary N) is 3. The van der Waals surface area contributed by atoms with Gasteiger partial charge in [-0.2, -0.15) is 0 Å². The highest BCUT2D eigenvalue weighted by molar-refractivity contribution is 6.07. The van der Waals surface area contributed by atoms with Crippen molar-refractivity contribution in [2.45, 2.75) is 44.1 Å². The first-order chi connectivity index (χ1) is 19.4. The van der Waals surface area contributed by atoms with Gasteiger partial charge in [-0.3, -0.25) is 14.4 Å². The van der Waals surface area contributed by atoms with Gasteiger partial charge in [0.2, 0.25) is 11.8 Å². The SMILES string of the molecule is Nc1ccc(C2=CCC=C(F)C=C2)cc1NC(=O)c1ccc(NC(=O)C2(N3CCCCC3=O)CCNCC2)cc1. The molecule has 0 atom stereocenters. The third kappa shape index (κ3) is 5.84. The van der Waals surface area contributed by atoms with Crippen molar-refractivity contribution < 1.29 is 18.8 Å². The number of anilines is 3. The monoisotopic (exact) mass is 543 g/mol. The molecular formula is C31H34FN5O3. The first-order valence-corrected chi connectivity index (χ1v) is 13.7. The fraction of sp³-hybridized carbons (Fsp3) is 0.323. The zero-order chi connectivity index (χ0) is 28.1. The van der Waals surface area contributed by atoms with Crippen LogP contribution in [0.1, 0.15) is 54.4 Å². The van der Waals surface area contributed by atoms with Crippen molar-refractivity contribution in [1.29, 1.82) is 0 Å². The Balaban J connectivity index is 1.28. The van der Waals surface area contributed by atoms with Crippen LogP contribution in [0.15, 0.2) is 72.6 Å². The molecule has 2 fully saturated rings. The average molecular weight is 544 g/mol. The molecule has 40 heavy (non-hydrogen) atoms. The molecule has 0 radical (unpaired) electrons. The topological polar surface area (TPSA) is 117 Å². The van der Waals surface area contributed by atoms with Gasteiger partial charge < -0.3 is 26.6 Å². The van der Waals surface area contributed by atoms with E-state index in [-0.39, 0.29) is 23.5 Å². The number of nitrogens with zero attached hydrogens (tertiary/aromatic N) is 1. The molecule has 1 aliphatic carbocycles. The predicted molar refractivity (Wildman–Crippen MR) is 155 cm³/mol. The number of nitrogen functional groups attached to an aromatic ring is 1. The molecule has 0 aromatic heterocycles. The maximum Gasteiger partial charge on any atom is 0.255 e. The van der Waals surface area contributed by atoms with E-state index >= 15 is 0 Å². The minimum atomic E-state index is -0.870. The minimum absolute atomic E-state index is 0.0360. The molecule has 0 unspecified atom stereocenters. The first-order valence-electron chi connectivity index (χ1n) is 13.7. The Morgan fingerprint density at radius 2 is 1.75 bits per heavy atom. The summed E-state index contributed by atoms with van der Waals surface area (Å²) in [5.41, 5.74) is 8.70. The van der Waals surface area contributed by atoms with Crippen molar-refractivity contribution in [2.75, 3.05) is 36.0 Å². The number of hydrogen-bond acceptors (Lipinski definition) is 5. The molecule has 9 heteroatoms. The largest absolute Gasteiger partial charge is 0.397 e. The third-order valence-corrected chi connectivity index (χ3v) is 7.81. The summed E-state index contributed by atoms with van der Waals surface area (Å²) in [5, 5.41) is 9.13. The van der Waals surface area contributed by atoms with E-state index in [2.05, 4.69) is 16.0 Å². The van der Waals surface area contributed by atoms with E-state index in [0.29, 0.717) is 67.9 Å². The van der Waals surface area contributed by atoms with Gasteiger partial charge in [0.05, 0.1) is 11.4 Å². The molecular weight excluding hydrogens is 509 g/mol. The maximum atomic E-state index is 13.6. The van der Waals surface area contributed by atoms with Crippen molar-refractivity contribution in [1.82, 2.24) is 10.2 Å². The number of halogens is 1. The normalized spacial score (nSPS) is 18.8. The summed E-state index contributed by atoms with van der Waals surface area (Å²) in [5.74, 6) is -0.800. The average Bonchev–Trinajstić information content (AvgIpc) is 3.19. The maximum absolute atomic E-state index is 13.6. The van der Waals surface area contributed by atoms with Crippen LogP contribution in [-0.2, 0) is 9.59 Å². The van der Waals surface area contributed by atoms with Crippen LogP contribution in [0.2, 0.25) is 0 Å². The second-order valence-corrected chi connectivity index (χ2v) is 10.4. The Morgan fingerprint density at radius 3 is 2.50 bits per heavy atom. The van der Waals surface area contributed by atoms with E-state index in [1.807, 2.05) is 12.1 Å². The number of allylic oxidation sites excluding steroid dienone is 6. The summed E-state index contributed by atoms with van der Waals surface area (Å²) < 4.78 is 13.6. The van der Waals surface area contributed by atoms with Gasteiger partial charge in [0, 0.05) is 24.2 Å². The Bertz CT molecular complexity index is 1390. The molecule has 3 aliphatic rings. The van der Waals surface area contributed by atoms with Gasteiger partial charge in [0.1, 0.15) is 11.4 Å². The standard InChI is InChI=1S/C31H34FN5O3/c32-24-5-3-4-21(7-11-24)23-10-14-26(33)27(20-23)36-29(39)22-8-12-25(13-9-22)35-30(40)31(15-17-34-18-16-31)37-19-2-1-6-28(37)38/h4-5,7-14,20,34H,1-3,6,15-19,33H2,(H,35,40)(H,36,39). The lowest BCUT2D eigenvalue weighted by molar-refractivity contribution is -0.149. The summed E-state index contributed by atoms with van der Waals surface area (Å²) >= 11 is 0. The first kappa shape index (κ1) is 27.3. The lowest BCUT2D eigenvalue weighted by Crippen LogP contribution is -2.64. The quantitative estimate of drug-likeness (QED) is 0.391. The fourth-order valence-electron chi connectivity index (χ4n) is 5.53. The van der Waals surface area contributed by atoms with Gasteiger partial charge in [-0.25, -0.2) is 4.39 Å². The Labute approximate surface area is 233 Å². The molecule has 2 saturated heterocycles. The van der Waals surface area contributed by atoms with Crippen LogP contribution in [0.4, 0.5) is 21.5 Å². The number of amides is 3. The summed E-state index contributed by atoms with van der Waals surface area (Å²) in [7, 11) is 0. The molecule has 3 amide bonds. The lowest BCUT2D eigenvalue weighted by atomic mass is 9.83. The van der Waals surface area contributed by atoms with E-state index in [1.165, 1.54) is 12.2 Å². The van der Waals surface area contributed by atoms with E-state index in [4.69, 9.17) is 5.73 Å². The van der Waals surface area contributed by atoms with Crippen LogP contribution in [-0.4, -0.2) is 47.8 Å². The zero-order valence-corrected chi connectivity index (χ0v) is 22.3. The van der Waals surface area contributed by atoms with Gasteiger partial charge in [-0.15, -0.1) is 0 Å². The van der Waals surface area contributed by atoms with Gasteiger partial charge in [0.25, 0.3) is 5.91 Å². The molecule has 2 aliphatic heterocycles. The number of likely N-dealkylation sites (tertiary alicyclic amines) is 1. The summed E-state index contributed by atoms with van der Waals surface area (Å²) in [6.07, 6.45) is 10.3. The van der Waals surface area contributed by atoms with Crippen molar-refractivity contribution in [3.05, 3.63) is 83.7 Å². The molecule has 0 bridgehead atoms. The van der Waals surface area contributed by atoms with Crippen LogP contribution in [0, 0.1) is 0 Å². The highest BCUT2D eigenvalue weighted by atomic mass is 19.1. The molecule has 5 rings (SSSR count).